The number of nitrogens with zero attached hydrogens (tertiary/aromatic N) is 3. The van der Waals surface area contributed by atoms with E-state index in [9.17, 15) is 18.0 Å². The molecule has 28 heavy (non-hydrogen) atoms. The lowest BCUT2D eigenvalue weighted by Gasteiger charge is -2.19. The highest BCUT2D eigenvalue weighted by atomic mass is 19.4. The molecule has 1 amide bonds. The molecule has 2 heterocycles. The summed E-state index contributed by atoms with van der Waals surface area (Å²) in [6, 6.07) is 5.96. The van der Waals surface area contributed by atoms with Gasteiger partial charge in [0.25, 0.3) is 0 Å². The Morgan fingerprint density at radius 1 is 1.21 bits per heavy atom. The molecular formula is C19H19F3N4O2. The lowest BCUT2D eigenvalue weighted by molar-refractivity contribution is -0.274. The molecule has 2 fully saturated rings. The van der Waals surface area contributed by atoms with Crippen molar-refractivity contribution in [2.75, 3.05) is 23.3 Å². The number of aromatic nitrogens is 2. The molecule has 1 aromatic carbocycles. The standard InChI is InChI=1S/C19H19F3N4O2/c20-19(21,22)28-16-6-2-1-5-12(16)13-9-14(13)18(27)25-15-10-23-11-24-17(15)26-7-3-4-8-26/h1-2,5-6,10-11,13-14H,3-4,7-9H2,(H,25,27)/t13-,14+/m0/s1. The van der Waals surface area contributed by atoms with Gasteiger partial charge in [0.2, 0.25) is 5.91 Å². The molecule has 1 aromatic heterocycles. The zero-order valence-electron chi connectivity index (χ0n) is 14.9. The number of hydrogen-bond acceptors (Lipinski definition) is 5. The highest BCUT2D eigenvalue weighted by molar-refractivity contribution is 5.97. The Morgan fingerprint density at radius 2 is 1.96 bits per heavy atom. The van der Waals surface area contributed by atoms with Crippen molar-refractivity contribution in [1.82, 2.24) is 9.97 Å². The number of alkyl halides is 3. The van der Waals surface area contributed by atoms with Crippen LogP contribution in [0.5, 0.6) is 5.75 Å². The van der Waals surface area contributed by atoms with Crippen LogP contribution in [0.15, 0.2) is 36.8 Å². The van der Waals surface area contributed by atoms with E-state index >= 15 is 0 Å². The molecule has 148 valence electrons. The zero-order valence-corrected chi connectivity index (χ0v) is 14.9. The highest BCUT2D eigenvalue weighted by Gasteiger charge is 2.46. The summed E-state index contributed by atoms with van der Waals surface area (Å²) in [4.78, 5) is 23.0. The highest BCUT2D eigenvalue weighted by Crippen LogP contribution is 2.51. The van der Waals surface area contributed by atoms with Crippen LogP contribution in [-0.4, -0.2) is 35.3 Å². The number of benzene rings is 1. The molecule has 1 saturated heterocycles. The normalized spacial score (nSPS) is 21.5. The summed E-state index contributed by atoms with van der Waals surface area (Å²) in [6.45, 7) is 1.74. The fraction of sp³-hybridized carbons (Fsp3) is 0.421. The Balaban J connectivity index is 1.47. The van der Waals surface area contributed by atoms with E-state index < -0.39 is 12.3 Å². The topological polar surface area (TPSA) is 67.4 Å². The van der Waals surface area contributed by atoms with Gasteiger partial charge >= 0.3 is 6.36 Å². The second-order valence-electron chi connectivity index (χ2n) is 6.98. The summed E-state index contributed by atoms with van der Waals surface area (Å²) < 4.78 is 42.0. The summed E-state index contributed by atoms with van der Waals surface area (Å²) in [7, 11) is 0. The summed E-state index contributed by atoms with van der Waals surface area (Å²) in [5.74, 6) is -0.542. The molecule has 6 nitrogen and oxygen atoms in total. The van der Waals surface area contributed by atoms with E-state index in [1.807, 2.05) is 0 Å². The second-order valence-corrected chi connectivity index (χ2v) is 6.98. The van der Waals surface area contributed by atoms with E-state index in [1.54, 1.807) is 18.3 Å². The number of carbonyl (C=O) groups excluding carboxylic acids is 1. The fourth-order valence-corrected chi connectivity index (χ4v) is 3.65. The molecule has 0 unspecified atom stereocenters. The first kappa shape index (κ1) is 18.5. The zero-order chi connectivity index (χ0) is 19.7. The van der Waals surface area contributed by atoms with Crippen LogP contribution in [0.1, 0.15) is 30.7 Å². The lowest BCUT2D eigenvalue weighted by atomic mass is 10.1. The number of anilines is 2. The van der Waals surface area contributed by atoms with Crippen LogP contribution in [0, 0.1) is 5.92 Å². The SMILES string of the molecule is O=C(Nc1cncnc1N1CCCC1)[C@@H]1C[C@H]1c1ccccc1OC(F)(F)F. The first-order chi connectivity index (χ1) is 13.4. The minimum absolute atomic E-state index is 0.248. The number of nitrogens with one attached hydrogen (secondary N) is 1. The Kier molecular flexibility index (Phi) is 4.82. The van der Waals surface area contributed by atoms with Crippen molar-refractivity contribution in [3.63, 3.8) is 0 Å². The van der Waals surface area contributed by atoms with Gasteiger partial charge in [0.05, 0.1) is 6.20 Å². The van der Waals surface area contributed by atoms with Crippen molar-refractivity contribution >= 4 is 17.4 Å². The van der Waals surface area contributed by atoms with E-state index in [0.717, 1.165) is 25.9 Å². The number of halogens is 3. The largest absolute Gasteiger partial charge is 0.573 e. The molecule has 2 aromatic rings. The average Bonchev–Trinajstić information content (AvgIpc) is 3.26. The van der Waals surface area contributed by atoms with E-state index in [-0.39, 0.29) is 17.6 Å². The molecule has 9 heteroatoms. The van der Waals surface area contributed by atoms with Crippen LogP contribution >= 0.6 is 0 Å². The average molecular weight is 392 g/mol. The van der Waals surface area contributed by atoms with Crippen molar-refractivity contribution in [1.29, 1.82) is 0 Å². The van der Waals surface area contributed by atoms with Crippen molar-refractivity contribution in [3.8, 4) is 5.75 Å². The van der Waals surface area contributed by atoms with Gasteiger partial charge in [0, 0.05) is 19.0 Å². The molecule has 0 bridgehead atoms. The number of rotatable bonds is 5. The van der Waals surface area contributed by atoms with Crippen LogP contribution in [0.4, 0.5) is 24.7 Å². The number of carbonyl (C=O) groups is 1. The molecule has 4 rings (SSSR count). The maximum absolute atomic E-state index is 12.7. The van der Waals surface area contributed by atoms with Crippen molar-refractivity contribution in [3.05, 3.63) is 42.4 Å². The molecule has 0 radical (unpaired) electrons. The molecule has 2 aliphatic rings. The molecule has 0 spiro atoms. The minimum atomic E-state index is -4.77. The van der Waals surface area contributed by atoms with Crippen molar-refractivity contribution in [2.45, 2.75) is 31.5 Å². The summed E-state index contributed by atoms with van der Waals surface area (Å²) in [5, 5.41) is 2.85. The van der Waals surface area contributed by atoms with Gasteiger partial charge in [-0.05, 0) is 36.8 Å². The van der Waals surface area contributed by atoms with Gasteiger partial charge < -0.3 is 15.0 Å². The third-order valence-corrected chi connectivity index (χ3v) is 5.03. The van der Waals surface area contributed by atoms with E-state index in [4.69, 9.17) is 0 Å². The summed E-state index contributed by atoms with van der Waals surface area (Å²) in [6.07, 6.45) is 0.826. The van der Waals surface area contributed by atoms with Gasteiger partial charge in [-0.3, -0.25) is 4.79 Å². The van der Waals surface area contributed by atoms with Gasteiger partial charge in [0.15, 0.2) is 5.82 Å². The van der Waals surface area contributed by atoms with E-state index in [0.29, 0.717) is 23.5 Å². The van der Waals surface area contributed by atoms with Gasteiger partial charge in [-0.2, -0.15) is 0 Å². The molecule has 1 aliphatic heterocycles. The predicted octanol–water partition coefficient (Wildman–Crippen LogP) is 3.72. The Hall–Kier alpha value is -2.84. The maximum atomic E-state index is 12.7. The molecular weight excluding hydrogens is 373 g/mol. The number of hydrogen-bond donors (Lipinski definition) is 1. The summed E-state index contributed by atoms with van der Waals surface area (Å²) in [5.41, 5.74) is 0.920. The Bertz CT molecular complexity index is 868. The smallest absolute Gasteiger partial charge is 0.405 e. The quantitative estimate of drug-likeness (QED) is 0.840. The molecule has 1 saturated carbocycles. The van der Waals surface area contributed by atoms with Crippen LogP contribution < -0.4 is 15.0 Å². The van der Waals surface area contributed by atoms with Crippen molar-refractivity contribution in [2.24, 2.45) is 5.92 Å². The lowest BCUT2D eigenvalue weighted by Crippen LogP contribution is -2.23. The van der Waals surface area contributed by atoms with Crippen LogP contribution in [-0.2, 0) is 4.79 Å². The molecule has 1 N–H and O–H groups in total. The van der Waals surface area contributed by atoms with E-state index in [2.05, 4.69) is 24.9 Å². The van der Waals surface area contributed by atoms with Gasteiger partial charge in [0.1, 0.15) is 17.8 Å². The van der Waals surface area contributed by atoms with Gasteiger partial charge in [-0.1, -0.05) is 18.2 Å². The maximum Gasteiger partial charge on any atom is 0.573 e. The summed E-state index contributed by atoms with van der Waals surface area (Å²) >= 11 is 0. The predicted molar refractivity (Wildman–Crippen MR) is 96.1 cm³/mol. The molecule has 1 aliphatic carbocycles. The third kappa shape index (κ3) is 4.02. The number of para-hydroxylation sites is 1. The van der Waals surface area contributed by atoms with Crippen molar-refractivity contribution < 1.29 is 22.7 Å². The Morgan fingerprint density at radius 3 is 2.71 bits per heavy atom. The minimum Gasteiger partial charge on any atom is -0.405 e. The van der Waals surface area contributed by atoms with Crippen LogP contribution in [0.2, 0.25) is 0 Å². The van der Waals surface area contributed by atoms with Crippen LogP contribution in [0.3, 0.4) is 0 Å². The van der Waals surface area contributed by atoms with Crippen LogP contribution in [0.25, 0.3) is 0 Å². The molecule has 2 atom stereocenters. The van der Waals surface area contributed by atoms with Gasteiger partial charge in [-0.25, -0.2) is 9.97 Å². The first-order valence-corrected chi connectivity index (χ1v) is 9.13. The third-order valence-electron chi connectivity index (χ3n) is 5.03. The second kappa shape index (κ2) is 7.29. The first-order valence-electron chi connectivity index (χ1n) is 9.13. The van der Waals surface area contributed by atoms with Gasteiger partial charge in [-0.15, -0.1) is 13.2 Å². The monoisotopic (exact) mass is 392 g/mol. The number of amides is 1. The number of ether oxygens (including phenoxy) is 1. The Labute approximate surface area is 159 Å². The van der Waals surface area contributed by atoms with E-state index in [1.165, 1.54) is 18.5 Å². The fourth-order valence-electron chi connectivity index (χ4n) is 3.65.